The fraction of sp³-hybridized carbons (Fsp3) is 0.419. The van der Waals surface area contributed by atoms with Crippen molar-refractivity contribution in [3.05, 3.63) is 61.6 Å². The first-order valence-corrected chi connectivity index (χ1v) is 14.0. The molecule has 0 unspecified atom stereocenters. The topological polar surface area (TPSA) is 101 Å². The van der Waals surface area contributed by atoms with Gasteiger partial charge in [0.05, 0.1) is 39.5 Å². The molecule has 39 heavy (non-hydrogen) atoms. The van der Waals surface area contributed by atoms with Crippen LogP contribution in [0.3, 0.4) is 0 Å². The van der Waals surface area contributed by atoms with Crippen LogP contribution in [-0.4, -0.2) is 38.6 Å². The summed E-state index contributed by atoms with van der Waals surface area (Å²) in [5.74, 6) is 0.508. The maximum absolute atomic E-state index is 12.9. The van der Waals surface area contributed by atoms with Gasteiger partial charge in [-0.05, 0) is 66.9 Å². The van der Waals surface area contributed by atoms with Crippen LogP contribution in [0.5, 0.6) is 5.75 Å². The second-order valence-electron chi connectivity index (χ2n) is 12.1. The SMILES string of the molecule is COc1c2nc(c(Br)c3[nH]c(cc4nc(cc5[nH]c1c(C(C)=O)c5C)C(C)(C)C4)c(C(C)=O)c3C)C(C)(C)C2. The van der Waals surface area contributed by atoms with Crippen molar-refractivity contribution >= 4 is 49.6 Å². The van der Waals surface area contributed by atoms with E-state index in [-0.39, 0.29) is 22.4 Å². The lowest BCUT2D eigenvalue weighted by atomic mass is 9.86. The Morgan fingerprint density at radius 3 is 2.13 bits per heavy atom. The van der Waals surface area contributed by atoms with Gasteiger partial charge in [-0.2, -0.15) is 0 Å². The molecular formula is C31H35BrN4O3. The molecule has 3 aromatic heterocycles. The Bertz CT molecular complexity index is 1740. The number of carbonyl (C=O) groups is 2. The molecule has 0 aliphatic carbocycles. The number of nitrogens with zero attached hydrogens (tertiary/aromatic N) is 2. The molecular weight excluding hydrogens is 556 g/mol. The van der Waals surface area contributed by atoms with Crippen LogP contribution in [0.4, 0.5) is 0 Å². The number of Topliss-reactive ketones (excluding diaryl/α,β-unsaturated/α-hetero) is 2. The summed E-state index contributed by atoms with van der Waals surface area (Å²) >= 11 is 3.85. The first-order chi connectivity index (χ1) is 18.2. The normalized spacial score (nSPS) is 15.8. The van der Waals surface area contributed by atoms with E-state index < -0.39 is 0 Å². The van der Waals surface area contributed by atoms with Crippen LogP contribution in [0.15, 0.2) is 16.6 Å². The Morgan fingerprint density at radius 2 is 1.51 bits per heavy atom. The van der Waals surface area contributed by atoms with Crippen molar-refractivity contribution < 1.29 is 14.3 Å². The van der Waals surface area contributed by atoms with Gasteiger partial charge in [0, 0.05) is 51.7 Å². The minimum atomic E-state index is -0.334. The highest BCUT2D eigenvalue weighted by Gasteiger charge is 2.35. The molecule has 2 N–H and O–H groups in total. The zero-order valence-corrected chi connectivity index (χ0v) is 25.7. The average molecular weight is 592 g/mol. The van der Waals surface area contributed by atoms with Gasteiger partial charge in [-0.3, -0.25) is 19.6 Å². The Labute approximate surface area is 237 Å². The van der Waals surface area contributed by atoms with Crippen molar-refractivity contribution in [3.63, 3.8) is 0 Å². The molecule has 5 heterocycles. The van der Waals surface area contributed by atoms with Gasteiger partial charge in [-0.15, -0.1) is 0 Å². The average Bonchev–Trinajstić information content (AvgIpc) is 3.50. The number of ether oxygens (including phenoxy) is 1. The fourth-order valence-corrected chi connectivity index (χ4v) is 7.08. The molecule has 2 aliphatic heterocycles. The highest BCUT2D eigenvalue weighted by molar-refractivity contribution is 9.10. The van der Waals surface area contributed by atoms with Gasteiger partial charge < -0.3 is 14.7 Å². The molecule has 0 amide bonds. The number of nitrogens with one attached hydrogen (secondary N) is 2. The smallest absolute Gasteiger partial charge is 0.164 e. The first kappa shape index (κ1) is 27.3. The lowest BCUT2D eigenvalue weighted by Crippen LogP contribution is -2.16. The van der Waals surface area contributed by atoms with Crippen molar-refractivity contribution in [2.45, 2.75) is 79.1 Å². The zero-order chi connectivity index (χ0) is 28.6. The van der Waals surface area contributed by atoms with E-state index in [2.05, 4.69) is 53.6 Å². The van der Waals surface area contributed by atoms with Gasteiger partial charge in [-0.1, -0.05) is 27.7 Å². The third-order valence-corrected chi connectivity index (χ3v) is 8.83. The molecule has 0 atom stereocenters. The van der Waals surface area contributed by atoms with Crippen molar-refractivity contribution in [3.8, 4) is 5.75 Å². The van der Waals surface area contributed by atoms with Gasteiger partial charge in [0.25, 0.3) is 0 Å². The summed E-state index contributed by atoms with van der Waals surface area (Å²) in [5, 5.41) is 0. The molecule has 0 saturated carbocycles. The van der Waals surface area contributed by atoms with Gasteiger partial charge in [0.2, 0.25) is 0 Å². The maximum Gasteiger partial charge on any atom is 0.164 e. The molecule has 2 aliphatic rings. The number of hydrogen-bond acceptors (Lipinski definition) is 5. The van der Waals surface area contributed by atoms with E-state index in [1.54, 1.807) is 21.0 Å². The molecule has 0 fully saturated rings. The molecule has 0 spiro atoms. The summed E-state index contributed by atoms with van der Waals surface area (Å²) in [6, 6.07) is 4.02. The number of ketones is 2. The summed E-state index contributed by atoms with van der Waals surface area (Å²) in [4.78, 5) is 42.8. The van der Waals surface area contributed by atoms with E-state index in [9.17, 15) is 9.59 Å². The van der Waals surface area contributed by atoms with E-state index in [1.165, 1.54) is 0 Å². The maximum atomic E-state index is 12.9. The largest absolute Gasteiger partial charge is 0.493 e. The third kappa shape index (κ3) is 4.33. The number of fused-ring (bicyclic) bond motifs is 8. The molecule has 7 nitrogen and oxygen atoms in total. The molecule has 0 saturated heterocycles. The van der Waals surface area contributed by atoms with E-state index >= 15 is 0 Å². The van der Waals surface area contributed by atoms with E-state index in [4.69, 9.17) is 14.7 Å². The van der Waals surface area contributed by atoms with Crippen LogP contribution in [0.25, 0.3) is 22.1 Å². The Hall–Kier alpha value is -3.26. The summed E-state index contributed by atoms with van der Waals surface area (Å²) in [6.07, 6.45) is 1.33. The number of methoxy groups -OCH3 is 1. The summed E-state index contributed by atoms with van der Waals surface area (Å²) in [6.45, 7) is 15.7. The van der Waals surface area contributed by atoms with Crippen LogP contribution in [-0.2, 0) is 23.7 Å². The molecule has 8 bridgehead atoms. The van der Waals surface area contributed by atoms with E-state index in [1.807, 2.05) is 26.0 Å². The number of aromatic nitrogens is 4. The van der Waals surface area contributed by atoms with Gasteiger partial charge in [0.1, 0.15) is 0 Å². The summed E-state index contributed by atoms with van der Waals surface area (Å²) < 4.78 is 6.76. The van der Waals surface area contributed by atoms with Crippen molar-refractivity contribution in [2.24, 2.45) is 0 Å². The molecule has 5 rings (SSSR count). The predicted octanol–water partition coefficient (Wildman–Crippen LogP) is 7.15. The summed E-state index contributed by atoms with van der Waals surface area (Å²) in [5.41, 5.74) is 8.82. The minimum Gasteiger partial charge on any atom is -0.493 e. The number of carbonyl (C=O) groups excluding carboxylic acids is 2. The standard InChI is InChI=1S/C31H35BrN4O3/c1-14-19-11-22-30(5,6)12-18(33-22)10-20-23(16(3)37)15(2)26(35-20)25(32)29-31(7,8)13-21(36-29)28(39-9)27(34-19)24(14)17(4)38/h10-11,34-35H,12-13H2,1-9H3. The number of aryl methyl sites for hydroxylation is 2. The fourth-order valence-electron chi connectivity index (χ4n) is 6.06. The van der Waals surface area contributed by atoms with Gasteiger partial charge in [0.15, 0.2) is 17.3 Å². The lowest BCUT2D eigenvalue weighted by molar-refractivity contribution is 0.101. The second-order valence-corrected chi connectivity index (χ2v) is 12.9. The Balaban J connectivity index is 2.08. The summed E-state index contributed by atoms with van der Waals surface area (Å²) in [7, 11) is 1.62. The van der Waals surface area contributed by atoms with Crippen molar-refractivity contribution in [1.29, 1.82) is 0 Å². The van der Waals surface area contributed by atoms with Gasteiger partial charge in [-0.25, -0.2) is 0 Å². The number of halogens is 1. The number of aromatic amines is 2. The highest BCUT2D eigenvalue weighted by atomic mass is 79.9. The van der Waals surface area contributed by atoms with Crippen LogP contribution in [0.1, 0.15) is 96.2 Å². The number of hydrogen-bond donors (Lipinski definition) is 2. The molecule has 3 aromatic rings. The third-order valence-electron chi connectivity index (χ3n) is 8.06. The molecule has 204 valence electrons. The van der Waals surface area contributed by atoms with Crippen LogP contribution in [0.2, 0.25) is 0 Å². The highest BCUT2D eigenvalue weighted by Crippen LogP contribution is 2.42. The van der Waals surface area contributed by atoms with E-state index in [0.717, 1.165) is 54.9 Å². The quantitative estimate of drug-likeness (QED) is 0.315. The zero-order valence-electron chi connectivity index (χ0n) is 24.1. The minimum absolute atomic E-state index is 0.00560. The predicted molar refractivity (Wildman–Crippen MR) is 158 cm³/mol. The molecule has 0 radical (unpaired) electrons. The second kappa shape index (κ2) is 9.15. The molecule has 0 aromatic carbocycles. The number of rotatable bonds is 3. The van der Waals surface area contributed by atoms with Crippen molar-refractivity contribution in [1.82, 2.24) is 19.9 Å². The van der Waals surface area contributed by atoms with Crippen LogP contribution < -0.4 is 4.74 Å². The lowest BCUT2D eigenvalue weighted by Gasteiger charge is -2.17. The van der Waals surface area contributed by atoms with Gasteiger partial charge >= 0.3 is 0 Å². The van der Waals surface area contributed by atoms with Crippen LogP contribution >= 0.6 is 15.9 Å². The number of H-pyrrole nitrogens is 2. The first-order valence-electron chi connectivity index (χ1n) is 13.2. The van der Waals surface area contributed by atoms with E-state index in [0.29, 0.717) is 35.2 Å². The van der Waals surface area contributed by atoms with Crippen LogP contribution in [0, 0.1) is 13.8 Å². The van der Waals surface area contributed by atoms with Crippen molar-refractivity contribution in [2.75, 3.05) is 7.11 Å². The Kier molecular flexibility index (Phi) is 6.41. The molecule has 8 heteroatoms. The monoisotopic (exact) mass is 590 g/mol. The Morgan fingerprint density at radius 1 is 0.872 bits per heavy atom.